The molecule has 2 heterocycles. The third-order valence-electron chi connectivity index (χ3n) is 4.94. The number of nitrogens with one attached hydrogen (secondary N) is 1. The Morgan fingerprint density at radius 1 is 1.23 bits per heavy atom. The fraction of sp³-hybridized carbons (Fsp3) is 0.421. The summed E-state index contributed by atoms with van der Waals surface area (Å²) in [7, 11) is -4.12. The van der Waals surface area contributed by atoms with Crippen LogP contribution >= 0.6 is 22.9 Å². The Hall–Kier alpha value is -1.62. The van der Waals surface area contributed by atoms with Crippen molar-refractivity contribution in [3.05, 3.63) is 50.7 Å². The molecule has 11 heteroatoms. The lowest BCUT2D eigenvalue weighted by Crippen LogP contribution is -2.42. The number of thiophene rings is 1. The summed E-state index contributed by atoms with van der Waals surface area (Å²) in [5.41, 5.74) is -1.19. The lowest BCUT2D eigenvalue weighted by Gasteiger charge is -2.30. The zero-order valence-electron chi connectivity index (χ0n) is 16.0. The number of rotatable bonds is 5. The molecule has 1 aromatic carbocycles. The van der Waals surface area contributed by atoms with E-state index in [4.69, 9.17) is 11.6 Å². The zero-order valence-corrected chi connectivity index (χ0v) is 18.4. The van der Waals surface area contributed by atoms with Crippen molar-refractivity contribution in [3.63, 3.8) is 0 Å². The average Bonchev–Trinajstić information content (AvgIpc) is 3.10. The second-order valence-electron chi connectivity index (χ2n) is 7.05. The first-order chi connectivity index (χ1) is 14.0. The third-order valence-corrected chi connectivity index (χ3v) is 8.16. The van der Waals surface area contributed by atoms with E-state index in [1.54, 1.807) is 11.3 Å². The van der Waals surface area contributed by atoms with Crippen LogP contribution in [0.3, 0.4) is 0 Å². The fourth-order valence-corrected chi connectivity index (χ4v) is 5.84. The van der Waals surface area contributed by atoms with Crippen LogP contribution in [-0.4, -0.2) is 31.7 Å². The largest absolute Gasteiger partial charge is 0.417 e. The Kier molecular flexibility index (Phi) is 6.81. The van der Waals surface area contributed by atoms with Gasteiger partial charge >= 0.3 is 6.18 Å². The van der Waals surface area contributed by atoms with Crippen LogP contribution in [-0.2, 0) is 27.5 Å². The molecule has 30 heavy (non-hydrogen) atoms. The molecule has 2 aromatic rings. The van der Waals surface area contributed by atoms with Gasteiger partial charge < -0.3 is 5.32 Å². The van der Waals surface area contributed by atoms with Gasteiger partial charge in [-0.2, -0.15) is 17.5 Å². The van der Waals surface area contributed by atoms with Crippen molar-refractivity contribution < 1.29 is 26.4 Å². The van der Waals surface area contributed by atoms with Crippen LogP contribution in [0.15, 0.2) is 35.2 Å². The molecule has 0 unspecified atom stereocenters. The summed E-state index contributed by atoms with van der Waals surface area (Å²) in [5, 5.41) is 2.30. The molecular formula is C19H20ClF3N2O3S2. The molecule has 1 aliphatic heterocycles. The fourth-order valence-electron chi connectivity index (χ4n) is 3.29. The number of nitrogens with zero attached hydrogens (tertiary/aromatic N) is 1. The predicted octanol–water partition coefficient (Wildman–Crippen LogP) is 4.45. The SMILES string of the molecule is Cc1ccc(CNC(=O)C2CCN(S(=O)(=O)c3ccc(Cl)c(C(F)(F)F)c3)CC2)s1. The van der Waals surface area contributed by atoms with Crippen LogP contribution in [0, 0.1) is 12.8 Å². The average molecular weight is 481 g/mol. The first kappa shape index (κ1) is 23.1. The van der Waals surface area contributed by atoms with Gasteiger partial charge in [-0.1, -0.05) is 11.6 Å². The van der Waals surface area contributed by atoms with Gasteiger partial charge in [-0.05, 0) is 50.1 Å². The van der Waals surface area contributed by atoms with Gasteiger partial charge in [0.15, 0.2) is 0 Å². The zero-order chi connectivity index (χ0) is 22.1. The van der Waals surface area contributed by atoms with E-state index in [9.17, 15) is 26.4 Å². The number of sulfonamides is 1. The summed E-state index contributed by atoms with van der Waals surface area (Å²) in [6.45, 7) is 2.51. The van der Waals surface area contributed by atoms with Crippen molar-refractivity contribution in [3.8, 4) is 0 Å². The molecule has 1 aliphatic rings. The number of benzene rings is 1. The summed E-state index contributed by atoms with van der Waals surface area (Å²) < 4.78 is 65.9. The molecule has 0 bridgehead atoms. The van der Waals surface area contributed by atoms with E-state index in [0.717, 1.165) is 26.2 Å². The van der Waals surface area contributed by atoms with Crippen LogP contribution in [0.5, 0.6) is 0 Å². The highest BCUT2D eigenvalue weighted by molar-refractivity contribution is 7.89. The molecule has 1 aromatic heterocycles. The number of carbonyl (C=O) groups is 1. The molecule has 1 amide bonds. The topological polar surface area (TPSA) is 66.5 Å². The van der Waals surface area contributed by atoms with Crippen LogP contribution < -0.4 is 5.32 Å². The Balaban J connectivity index is 1.63. The predicted molar refractivity (Wildman–Crippen MR) is 109 cm³/mol. The Morgan fingerprint density at radius 3 is 2.47 bits per heavy atom. The third kappa shape index (κ3) is 5.16. The van der Waals surface area contributed by atoms with E-state index < -0.39 is 31.7 Å². The number of piperidine rings is 1. The van der Waals surface area contributed by atoms with Crippen molar-refractivity contribution >= 4 is 38.9 Å². The summed E-state index contributed by atoms with van der Waals surface area (Å²) in [6, 6.07) is 6.46. The second kappa shape index (κ2) is 8.86. The number of aryl methyl sites for hydroxylation is 1. The van der Waals surface area contributed by atoms with Gasteiger partial charge in [-0.15, -0.1) is 11.3 Å². The van der Waals surface area contributed by atoms with Crippen molar-refractivity contribution in [2.45, 2.75) is 37.4 Å². The Bertz CT molecular complexity index is 1030. The number of alkyl halides is 3. The molecule has 164 valence electrons. The van der Waals surface area contributed by atoms with Gasteiger partial charge in [-0.25, -0.2) is 8.42 Å². The van der Waals surface area contributed by atoms with Gasteiger partial charge in [0.25, 0.3) is 0 Å². The van der Waals surface area contributed by atoms with Gasteiger partial charge in [-0.3, -0.25) is 4.79 Å². The normalized spacial score (nSPS) is 16.6. The minimum atomic E-state index is -4.76. The summed E-state index contributed by atoms with van der Waals surface area (Å²) in [6.07, 6.45) is -4.16. The summed E-state index contributed by atoms with van der Waals surface area (Å²) in [5.74, 6) is -0.489. The smallest absolute Gasteiger partial charge is 0.351 e. The second-order valence-corrected chi connectivity index (χ2v) is 10.8. The highest BCUT2D eigenvalue weighted by Gasteiger charge is 2.37. The highest BCUT2D eigenvalue weighted by atomic mass is 35.5. The number of hydrogen-bond acceptors (Lipinski definition) is 4. The molecule has 0 atom stereocenters. The monoisotopic (exact) mass is 480 g/mol. The maximum Gasteiger partial charge on any atom is 0.417 e. The molecule has 5 nitrogen and oxygen atoms in total. The Labute approximate surface area is 181 Å². The molecule has 1 saturated heterocycles. The molecule has 1 fully saturated rings. The maximum atomic E-state index is 13.1. The van der Waals surface area contributed by atoms with E-state index in [-0.39, 0.29) is 24.9 Å². The van der Waals surface area contributed by atoms with Crippen LogP contribution in [0.1, 0.15) is 28.2 Å². The highest BCUT2D eigenvalue weighted by Crippen LogP contribution is 2.36. The quantitative estimate of drug-likeness (QED) is 0.687. The van der Waals surface area contributed by atoms with Gasteiger partial charge in [0, 0.05) is 28.8 Å². The first-order valence-corrected chi connectivity index (χ1v) is 11.8. The minimum absolute atomic E-state index is 0.0580. The van der Waals surface area contributed by atoms with Gasteiger partial charge in [0.05, 0.1) is 22.0 Å². The first-order valence-electron chi connectivity index (χ1n) is 9.18. The van der Waals surface area contributed by atoms with Crippen LogP contribution in [0.2, 0.25) is 5.02 Å². The van der Waals surface area contributed by atoms with Crippen molar-refractivity contribution in [2.75, 3.05) is 13.1 Å². The van der Waals surface area contributed by atoms with Gasteiger partial charge in [0.1, 0.15) is 0 Å². The molecule has 0 spiro atoms. The summed E-state index contributed by atoms with van der Waals surface area (Å²) >= 11 is 7.16. The van der Waals surface area contributed by atoms with E-state index in [1.807, 2.05) is 19.1 Å². The number of halogens is 4. The lowest BCUT2D eigenvalue weighted by molar-refractivity contribution is -0.137. The summed E-state index contributed by atoms with van der Waals surface area (Å²) in [4.78, 5) is 14.1. The van der Waals surface area contributed by atoms with Crippen LogP contribution in [0.25, 0.3) is 0 Å². The molecule has 1 N–H and O–H groups in total. The van der Waals surface area contributed by atoms with Crippen molar-refractivity contribution in [2.24, 2.45) is 5.92 Å². The molecular weight excluding hydrogens is 461 g/mol. The number of hydrogen-bond donors (Lipinski definition) is 1. The van der Waals surface area contributed by atoms with E-state index in [1.165, 1.54) is 0 Å². The van der Waals surface area contributed by atoms with Crippen LogP contribution in [0.4, 0.5) is 13.2 Å². The molecule has 0 radical (unpaired) electrons. The van der Waals surface area contributed by atoms with E-state index in [2.05, 4.69) is 5.32 Å². The minimum Gasteiger partial charge on any atom is -0.351 e. The standard InChI is InChI=1S/C19H20ClF3N2O3S2/c1-12-2-3-14(29-12)11-24-18(26)13-6-8-25(9-7-13)30(27,28)15-4-5-17(20)16(10-15)19(21,22)23/h2-5,10,13H,6-9,11H2,1H3,(H,24,26). The Morgan fingerprint density at radius 2 is 1.90 bits per heavy atom. The van der Waals surface area contributed by atoms with Crippen molar-refractivity contribution in [1.82, 2.24) is 9.62 Å². The number of carbonyl (C=O) groups excluding carboxylic acids is 1. The molecule has 0 saturated carbocycles. The van der Waals surface area contributed by atoms with E-state index >= 15 is 0 Å². The maximum absolute atomic E-state index is 13.1. The van der Waals surface area contributed by atoms with E-state index in [0.29, 0.717) is 25.5 Å². The van der Waals surface area contributed by atoms with Crippen molar-refractivity contribution in [1.29, 1.82) is 0 Å². The lowest BCUT2D eigenvalue weighted by atomic mass is 9.97. The molecule has 0 aliphatic carbocycles. The number of amides is 1. The molecule has 3 rings (SSSR count). The van der Waals surface area contributed by atoms with Gasteiger partial charge in [0.2, 0.25) is 15.9 Å².